The van der Waals surface area contributed by atoms with E-state index in [1.807, 2.05) is 0 Å². The molecule has 0 spiro atoms. The van der Waals surface area contributed by atoms with Crippen LogP contribution in [0.4, 0.5) is 0 Å². The summed E-state index contributed by atoms with van der Waals surface area (Å²) >= 11 is 0. The van der Waals surface area contributed by atoms with E-state index in [4.69, 9.17) is 4.74 Å². The molecule has 2 unspecified atom stereocenters. The maximum atomic E-state index is 11.6. The molecule has 2 aliphatic heterocycles. The second-order valence-electron chi connectivity index (χ2n) is 8.95. The molecule has 0 saturated carbocycles. The van der Waals surface area contributed by atoms with Gasteiger partial charge in [0.15, 0.2) is 0 Å². The first-order valence-electron chi connectivity index (χ1n) is 11.4. The molecule has 0 radical (unpaired) electrons. The zero-order chi connectivity index (χ0) is 20.1. The first-order chi connectivity index (χ1) is 14.2. The highest BCUT2D eigenvalue weighted by Gasteiger charge is 2.46. The average Bonchev–Trinajstić information content (AvgIpc) is 2.73. The number of ether oxygens (including phenoxy) is 1. The van der Waals surface area contributed by atoms with E-state index in [0.717, 1.165) is 31.4 Å². The van der Waals surface area contributed by atoms with E-state index in [1.54, 1.807) is 0 Å². The van der Waals surface area contributed by atoms with Crippen molar-refractivity contribution in [1.82, 2.24) is 4.90 Å². The zero-order valence-electron chi connectivity index (χ0n) is 17.7. The summed E-state index contributed by atoms with van der Waals surface area (Å²) in [6.45, 7) is 4.61. The van der Waals surface area contributed by atoms with Crippen LogP contribution in [0.3, 0.4) is 0 Å². The predicted molar refractivity (Wildman–Crippen MR) is 118 cm³/mol. The Balaban J connectivity index is 1.43. The van der Waals surface area contributed by atoms with E-state index in [0.29, 0.717) is 13.2 Å². The second-order valence-corrected chi connectivity index (χ2v) is 8.95. The molecular formula is C26H35NO2. The summed E-state index contributed by atoms with van der Waals surface area (Å²) in [5.41, 5.74) is 3.05. The van der Waals surface area contributed by atoms with E-state index in [2.05, 4.69) is 66.4 Å². The van der Waals surface area contributed by atoms with Crippen LogP contribution in [-0.2, 0) is 23.3 Å². The standard InChI is InChI=1S/C26H35NO2/c1-2-3-4-6-9-21-12-14-23(15-13-21)26(28)16-24-19-29-20-25(17-26)27(24)18-22-10-7-5-8-11-22/h5,7-8,10-15,24-25,28H,2-4,6,9,16-20H2,1H3. The smallest absolute Gasteiger partial charge is 0.0928 e. The molecular weight excluding hydrogens is 358 g/mol. The van der Waals surface area contributed by atoms with E-state index < -0.39 is 5.60 Å². The fourth-order valence-corrected chi connectivity index (χ4v) is 5.07. The number of fused-ring (bicyclic) bond motifs is 2. The summed E-state index contributed by atoms with van der Waals surface area (Å²) in [7, 11) is 0. The van der Waals surface area contributed by atoms with Crippen molar-refractivity contribution in [3.8, 4) is 0 Å². The van der Waals surface area contributed by atoms with Gasteiger partial charge in [0.1, 0.15) is 0 Å². The summed E-state index contributed by atoms with van der Waals surface area (Å²) in [4.78, 5) is 2.55. The quantitative estimate of drug-likeness (QED) is 0.636. The number of aliphatic hydroxyl groups is 1. The highest BCUT2D eigenvalue weighted by molar-refractivity contribution is 5.29. The largest absolute Gasteiger partial charge is 0.385 e. The molecule has 2 bridgehead atoms. The van der Waals surface area contributed by atoms with Crippen LogP contribution in [0.2, 0.25) is 0 Å². The Morgan fingerprint density at radius 3 is 2.24 bits per heavy atom. The first kappa shape index (κ1) is 20.6. The number of morpholine rings is 1. The zero-order valence-corrected chi connectivity index (χ0v) is 17.7. The van der Waals surface area contributed by atoms with Crippen LogP contribution in [0.25, 0.3) is 0 Å². The van der Waals surface area contributed by atoms with E-state index >= 15 is 0 Å². The molecule has 3 nitrogen and oxygen atoms in total. The highest BCUT2D eigenvalue weighted by atomic mass is 16.5. The lowest BCUT2D eigenvalue weighted by Gasteiger charge is -2.52. The Labute approximate surface area is 175 Å². The number of piperidine rings is 1. The van der Waals surface area contributed by atoms with Gasteiger partial charge in [-0.15, -0.1) is 0 Å². The lowest BCUT2D eigenvalue weighted by molar-refractivity contribution is -0.149. The summed E-state index contributed by atoms with van der Waals surface area (Å²) in [6.07, 6.45) is 7.79. The molecule has 2 aromatic rings. The van der Waals surface area contributed by atoms with E-state index in [-0.39, 0.29) is 12.1 Å². The average molecular weight is 394 g/mol. The lowest BCUT2D eigenvalue weighted by Crippen LogP contribution is -2.60. The van der Waals surface area contributed by atoms with Gasteiger partial charge in [-0.05, 0) is 42.4 Å². The third kappa shape index (κ3) is 4.91. The van der Waals surface area contributed by atoms with Crippen LogP contribution in [0.5, 0.6) is 0 Å². The van der Waals surface area contributed by atoms with Gasteiger partial charge < -0.3 is 9.84 Å². The summed E-state index contributed by atoms with van der Waals surface area (Å²) in [5.74, 6) is 0. The molecule has 0 aliphatic carbocycles. The molecule has 2 heterocycles. The number of nitrogens with zero attached hydrogens (tertiary/aromatic N) is 1. The number of benzene rings is 2. The van der Waals surface area contributed by atoms with Crippen molar-refractivity contribution >= 4 is 0 Å². The van der Waals surface area contributed by atoms with Crippen molar-refractivity contribution in [2.45, 2.75) is 76.1 Å². The maximum Gasteiger partial charge on any atom is 0.0928 e. The molecule has 4 rings (SSSR count). The Bertz CT molecular complexity index is 744. The molecule has 29 heavy (non-hydrogen) atoms. The molecule has 0 aromatic heterocycles. The third-order valence-corrected chi connectivity index (χ3v) is 6.72. The van der Waals surface area contributed by atoms with Crippen LogP contribution >= 0.6 is 0 Å². The normalized spacial score (nSPS) is 27.1. The fourth-order valence-electron chi connectivity index (χ4n) is 5.07. The van der Waals surface area contributed by atoms with Crippen molar-refractivity contribution in [2.75, 3.05) is 13.2 Å². The minimum absolute atomic E-state index is 0.265. The highest BCUT2D eigenvalue weighted by Crippen LogP contribution is 2.41. The van der Waals surface area contributed by atoms with E-state index in [1.165, 1.54) is 36.8 Å². The van der Waals surface area contributed by atoms with Crippen LogP contribution in [0.1, 0.15) is 62.1 Å². The number of unbranched alkanes of at least 4 members (excludes halogenated alkanes) is 3. The molecule has 2 atom stereocenters. The Morgan fingerprint density at radius 1 is 0.897 bits per heavy atom. The number of hydrogen-bond acceptors (Lipinski definition) is 3. The van der Waals surface area contributed by atoms with Gasteiger partial charge in [0, 0.05) is 18.6 Å². The van der Waals surface area contributed by atoms with Crippen LogP contribution in [0, 0.1) is 0 Å². The minimum Gasteiger partial charge on any atom is -0.385 e. The van der Waals surface area contributed by atoms with Crippen LogP contribution in [0.15, 0.2) is 54.6 Å². The summed E-state index contributed by atoms with van der Waals surface area (Å²) in [6, 6.07) is 20.0. The maximum absolute atomic E-state index is 11.6. The topological polar surface area (TPSA) is 32.7 Å². The number of hydrogen-bond donors (Lipinski definition) is 1. The molecule has 2 aliphatic rings. The molecule has 2 fully saturated rings. The number of aryl methyl sites for hydroxylation is 1. The van der Waals surface area contributed by atoms with Gasteiger partial charge in [0.25, 0.3) is 0 Å². The number of rotatable bonds is 8. The van der Waals surface area contributed by atoms with Crippen molar-refractivity contribution in [2.24, 2.45) is 0 Å². The molecule has 2 aromatic carbocycles. The Morgan fingerprint density at radius 2 is 1.59 bits per heavy atom. The minimum atomic E-state index is -0.743. The Hall–Kier alpha value is -1.68. The van der Waals surface area contributed by atoms with Gasteiger partial charge in [-0.25, -0.2) is 0 Å². The SMILES string of the molecule is CCCCCCc1ccc(C2(O)CC3COCC(C2)N3Cc2ccccc2)cc1. The predicted octanol–water partition coefficient (Wildman–Crippen LogP) is 5.06. The van der Waals surface area contributed by atoms with Crippen LogP contribution < -0.4 is 0 Å². The molecule has 2 saturated heterocycles. The molecule has 3 heteroatoms. The van der Waals surface area contributed by atoms with Gasteiger partial charge in [0.05, 0.1) is 18.8 Å². The van der Waals surface area contributed by atoms with Crippen LogP contribution in [-0.4, -0.2) is 35.3 Å². The van der Waals surface area contributed by atoms with Crippen molar-refractivity contribution < 1.29 is 9.84 Å². The second kappa shape index (κ2) is 9.42. The van der Waals surface area contributed by atoms with Crippen molar-refractivity contribution in [1.29, 1.82) is 0 Å². The third-order valence-electron chi connectivity index (χ3n) is 6.72. The van der Waals surface area contributed by atoms with Crippen molar-refractivity contribution in [3.63, 3.8) is 0 Å². The van der Waals surface area contributed by atoms with Gasteiger partial charge in [-0.2, -0.15) is 0 Å². The van der Waals surface area contributed by atoms with Gasteiger partial charge in [-0.1, -0.05) is 80.8 Å². The van der Waals surface area contributed by atoms with E-state index in [9.17, 15) is 5.11 Å². The van der Waals surface area contributed by atoms with Gasteiger partial charge in [0.2, 0.25) is 0 Å². The fraction of sp³-hybridized carbons (Fsp3) is 0.538. The van der Waals surface area contributed by atoms with Gasteiger partial charge in [-0.3, -0.25) is 4.90 Å². The summed E-state index contributed by atoms with van der Waals surface area (Å²) < 4.78 is 5.86. The molecule has 0 amide bonds. The first-order valence-corrected chi connectivity index (χ1v) is 11.4. The monoisotopic (exact) mass is 393 g/mol. The van der Waals surface area contributed by atoms with Crippen molar-refractivity contribution in [3.05, 3.63) is 71.3 Å². The van der Waals surface area contributed by atoms with Gasteiger partial charge >= 0.3 is 0 Å². The Kier molecular flexibility index (Phi) is 6.69. The summed E-state index contributed by atoms with van der Waals surface area (Å²) in [5, 5.41) is 11.6. The molecule has 1 N–H and O–H groups in total. The lowest BCUT2D eigenvalue weighted by atomic mass is 9.76. The molecule has 156 valence electrons.